The van der Waals surface area contributed by atoms with Crippen LogP contribution in [0.1, 0.15) is 35.4 Å². The number of aromatic nitrogens is 3. The Balaban J connectivity index is 1.55. The molecule has 0 amide bonds. The van der Waals surface area contributed by atoms with Gasteiger partial charge in [0.25, 0.3) is 0 Å². The Morgan fingerprint density at radius 2 is 1.89 bits per heavy atom. The number of rotatable bonds is 7. The van der Waals surface area contributed by atoms with Gasteiger partial charge in [0.15, 0.2) is 0 Å². The molecule has 0 aliphatic heterocycles. The van der Waals surface area contributed by atoms with E-state index >= 15 is 0 Å². The number of nitrogens with zero attached hydrogens (tertiary/aromatic N) is 3. The Bertz CT molecular complexity index is 894. The predicted molar refractivity (Wildman–Crippen MR) is 97.3 cm³/mol. The molecule has 0 aliphatic carbocycles. The molecular weight excluding hydrogens is 346 g/mol. The van der Waals surface area contributed by atoms with Gasteiger partial charge in [-0.15, -0.1) is 0 Å². The third-order valence-electron chi connectivity index (χ3n) is 3.98. The van der Waals surface area contributed by atoms with E-state index in [-0.39, 0.29) is 19.1 Å². The lowest BCUT2D eigenvalue weighted by Crippen LogP contribution is -2.18. The van der Waals surface area contributed by atoms with E-state index in [0.29, 0.717) is 11.4 Å². The topological polar surface area (TPSA) is 83.3 Å². The maximum Gasteiger partial charge on any atom is 0.356 e. The summed E-state index contributed by atoms with van der Waals surface area (Å²) in [7, 11) is 0. The van der Waals surface area contributed by atoms with E-state index in [2.05, 4.69) is 9.97 Å². The molecule has 7 heteroatoms. The zero-order valence-electron chi connectivity index (χ0n) is 14.8. The molecule has 0 N–H and O–H groups in total. The molecule has 2 heterocycles. The van der Waals surface area contributed by atoms with Crippen molar-refractivity contribution < 1.29 is 19.1 Å². The fourth-order valence-corrected chi connectivity index (χ4v) is 2.55. The minimum atomic E-state index is -0.538. The molecule has 0 aliphatic rings. The van der Waals surface area contributed by atoms with Gasteiger partial charge >= 0.3 is 11.9 Å². The van der Waals surface area contributed by atoms with Gasteiger partial charge in [0.2, 0.25) is 0 Å². The second-order valence-electron chi connectivity index (χ2n) is 5.82. The number of hydrogen-bond donors (Lipinski definition) is 0. The third kappa shape index (κ3) is 4.78. The molecule has 0 bridgehead atoms. The molecular formula is C20H19N3O4. The fourth-order valence-electron chi connectivity index (χ4n) is 2.55. The SMILES string of the molecule is C[C@H](c1ccccc1)n1cncc1C(=O)OCCC(=O)Oc1cccnc1. The second-order valence-corrected chi connectivity index (χ2v) is 5.82. The summed E-state index contributed by atoms with van der Waals surface area (Å²) in [5.41, 5.74) is 1.37. The first-order valence-corrected chi connectivity index (χ1v) is 8.50. The van der Waals surface area contributed by atoms with Crippen LogP contribution in [-0.2, 0) is 9.53 Å². The zero-order valence-corrected chi connectivity index (χ0v) is 14.8. The molecule has 27 heavy (non-hydrogen) atoms. The van der Waals surface area contributed by atoms with E-state index in [0.717, 1.165) is 5.56 Å². The van der Waals surface area contributed by atoms with Crippen LogP contribution in [-0.4, -0.2) is 33.1 Å². The number of carbonyl (C=O) groups excluding carboxylic acids is 2. The van der Waals surface area contributed by atoms with Gasteiger partial charge in [0, 0.05) is 6.20 Å². The quantitative estimate of drug-likeness (QED) is 0.599. The number of carbonyl (C=O) groups is 2. The standard InChI is InChI=1S/C20H19N3O4/c1-15(16-6-3-2-4-7-16)23-14-22-13-18(23)20(25)26-11-9-19(24)27-17-8-5-10-21-12-17/h2-8,10,12-15H,9,11H2,1H3/t15-/m1/s1. The minimum absolute atomic E-state index is 0.0526. The average Bonchev–Trinajstić information content (AvgIpc) is 3.18. The molecule has 1 aromatic carbocycles. The number of pyridine rings is 1. The Labute approximate surface area is 156 Å². The van der Waals surface area contributed by atoms with Gasteiger partial charge in [-0.3, -0.25) is 9.78 Å². The summed E-state index contributed by atoms with van der Waals surface area (Å²) in [5, 5.41) is 0. The fraction of sp³-hybridized carbons (Fsp3) is 0.200. The van der Waals surface area contributed by atoms with Crippen molar-refractivity contribution in [2.24, 2.45) is 0 Å². The molecule has 138 valence electrons. The van der Waals surface area contributed by atoms with Gasteiger partial charge < -0.3 is 14.0 Å². The smallest absolute Gasteiger partial charge is 0.356 e. The largest absolute Gasteiger partial charge is 0.460 e. The van der Waals surface area contributed by atoms with Crippen LogP contribution in [0.4, 0.5) is 0 Å². The highest BCUT2D eigenvalue weighted by atomic mass is 16.5. The monoisotopic (exact) mass is 365 g/mol. The molecule has 0 saturated carbocycles. The van der Waals surface area contributed by atoms with Gasteiger partial charge in [-0.2, -0.15) is 0 Å². The molecule has 0 radical (unpaired) electrons. The Morgan fingerprint density at radius 3 is 2.63 bits per heavy atom. The molecule has 1 atom stereocenters. The third-order valence-corrected chi connectivity index (χ3v) is 3.98. The van der Waals surface area contributed by atoms with Crippen LogP contribution in [0.25, 0.3) is 0 Å². The summed E-state index contributed by atoms with van der Waals surface area (Å²) in [4.78, 5) is 32.1. The van der Waals surface area contributed by atoms with Crippen molar-refractivity contribution >= 4 is 11.9 Å². The van der Waals surface area contributed by atoms with Crippen molar-refractivity contribution in [3.05, 3.63) is 78.6 Å². The van der Waals surface area contributed by atoms with Crippen LogP contribution < -0.4 is 4.74 Å². The van der Waals surface area contributed by atoms with Crippen LogP contribution in [0.2, 0.25) is 0 Å². The molecule has 0 unspecified atom stereocenters. The molecule has 0 saturated heterocycles. The number of hydrogen-bond acceptors (Lipinski definition) is 6. The first-order valence-electron chi connectivity index (χ1n) is 8.50. The van der Waals surface area contributed by atoms with Crippen LogP contribution in [0.15, 0.2) is 67.4 Å². The number of ether oxygens (including phenoxy) is 2. The molecule has 3 rings (SSSR count). The summed E-state index contributed by atoms with van der Waals surface area (Å²) in [6, 6.07) is 13.0. The highest BCUT2D eigenvalue weighted by Crippen LogP contribution is 2.19. The van der Waals surface area contributed by atoms with E-state index in [4.69, 9.17) is 9.47 Å². The van der Waals surface area contributed by atoms with Gasteiger partial charge in [0.05, 0.1) is 31.2 Å². The van der Waals surface area contributed by atoms with Crippen LogP contribution in [0.3, 0.4) is 0 Å². The summed E-state index contributed by atoms with van der Waals surface area (Å²) in [6.45, 7) is 1.89. The van der Waals surface area contributed by atoms with Gasteiger partial charge in [-0.1, -0.05) is 30.3 Å². The van der Waals surface area contributed by atoms with Crippen LogP contribution >= 0.6 is 0 Å². The predicted octanol–water partition coefficient (Wildman–Crippen LogP) is 3.04. The zero-order chi connectivity index (χ0) is 19.1. The van der Waals surface area contributed by atoms with Crippen molar-refractivity contribution in [1.82, 2.24) is 14.5 Å². The van der Waals surface area contributed by atoms with Crippen molar-refractivity contribution in [3.8, 4) is 5.75 Å². The molecule has 3 aromatic rings. The van der Waals surface area contributed by atoms with Crippen LogP contribution in [0, 0.1) is 0 Å². The second kappa shape index (κ2) is 8.75. The number of imidazole rings is 1. The van der Waals surface area contributed by atoms with Crippen molar-refractivity contribution in [2.45, 2.75) is 19.4 Å². The Morgan fingerprint density at radius 1 is 1.07 bits per heavy atom. The lowest BCUT2D eigenvalue weighted by molar-refractivity contribution is -0.135. The Kier molecular flexibility index (Phi) is 5.94. The lowest BCUT2D eigenvalue weighted by atomic mass is 10.1. The molecule has 0 fully saturated rings. The molecule has 0 spiro atoms. The first kappa shape index (κ1) is 18.3. The summed E-state index contributed by atoms with van der Waals surface area (Å²) >= 11 is 0. The van der Waals surface area contributed by atoms with Crippen LogP contribution in [0.5, 0.6) is 5.75 Å². The number of esters is 2. The van der Waals surface area contributed by atoms with E-state index in [1.165, 1.54) is 12.4 Å². The first-order chi connectivity index (χ1) is 13.1. The highest BCUT2D eigenvalue weighted by molar-refractivity contribution is 5.87. The molecule has 7 nitrogen and oxygen atoms in total. The Hall–Kier alpha value is -3.48. The summed E-state index contributed by atoms with van der Waals surface area (Å²) < 4.78 is 12.0. The van der Waals surface area contributed by atoms with E-state index in [9.17, 15) is 9.59 Å². The van der Waals surface area contributed by atoms with Crippen molar-refractivity contribution in [3.63, 3.8) is 0 Å². The van der Waals surface area contributed by atoms with E-state index < -0.39 is 11.9 Å². The van der Waals surface area contributed by atoms with E-state index in [1.807, 2.05) is 37.3 Å². The van der Waals surface area contributed by atoms with E-state index in [1.54, 1.807) is 29.2 Å². The lowest BCUT2D eigenvalue weighted by Gasteiger charge is -2.16. The van der Waals surface area contributed by atoms with Gasteiger partial charge in [0.1, 0.15) is 18.1 Å². The maximum absolute atomic E-state index is 12.4. The van der Waals surface area contributed by atoms with Crippen molar-refractivity contribution in [1.29, 1.82) is 0 Å². The van der Waals surface area contributed by atoms with Gasteiger partial charge in [-0.05, 0) is 24.6 Å². The normalized spacial score (nSPS) is 11.6. The summed E-state index contributed by atoms with van der Waals surface area (Å²) in [5.74, 6) is -0.685. The highest BCUT2D eigenvalue weighted by Gasteiger charge is 2.18. The van der Waals surface area contributed by atoms with Gasteiger partial charge in [-0.25, -0.2) is 9.78 Å². The summed E-state index contributed by atoms with van der Waals surface area (Å²) in [6.07, 6.45) is 6.01. The average molecular weight is 365 g/mol. The minimum Gasteiger partial charge on any atom is -0.460 e. The number of benzene rings is 1. The maximum atomic E-state index is 12.4. The van der Waals surface area contributed by atoms with Crippen molar-refractivity contribution in [2.75, 3.05) is 6.61 Å². The molecule has 2 aromatic heterocycles.